The molecule has 9 heteroatoms. The standard InChI is InChI=1S/C15H10ClF2IN2O2S/c16-10-6-5-8(19)7-9(10)13(22)21-15(24)20-11-3-1-2-4-12(11)23-14(17)18/h1-7,14H,(H2,20,21,22,24). The molecule has 0 atom stereocenters. The summed E-state index contributed by atoms with van der Waals surface area (Å²) in [5.74, 6) is -0.598. The first-order valence-electron chi connectivity index (χ1n) is 6.48. The molecule has 2 aromatic carbocycles. The zero-order valence-corrected chi connectivity index (χ0v) is 15.6. The molecule has 0 radical (unpaired) electrons. The predicted octanol–water partition coefficient (Wildman–Crippen LogP) is 4.67. The lowest BCUT2D eigenvalue weighted by Crippen LogP contribution is -2.34. The molecule has 24 heavy (non-hydrogen) atoms. The minimum absolute atomic E-state index is 0.0692. The summed E-state index contributed by atoms with van der Waals surface area (Å²) in [5, 5.41) is 5.30. The largest absolute Gasteiger partial charge is 0.433 e. The van der Waals surface area contributed by atoms with Gasteiger partial charge in [0.1, 0.15) is 5.75 Å². The van der Waals surface area contributed by atoms with Crippen LogP contribution in [0.5, 0.6) is 5.75 Å². The summed E-state index contributed by atoms with van der Waals surface area (Å²) in [6, 6.07) is 11.0. The molecule has 0 heterocycles. The van der Waals surface area contributed by atoms with E-state index in [0.717, 1.165) is 3.57 Å². The van der Waals surface area contributed by atoms with Gasteiger partial charge in [0.15, 0.2) is 5.11 Å². The number of thiocarbonyl (C=S) groups is 1. The van der Waals surface area contributed by atoms with Crippen molar-refractivity contribution < 1.29 is 18.3 Å². The normalized spacial score (nSPS) is 10.4. The molecule has 0 spiro atoms. The molecule has 0 aliphatic rings. The van der Waals surface area contributed by atoms with Crippen molar-refractivity contribution in [2.75, 3.05) is 5.32 Å². The lowest BCUT2D eigenvalue weighted by Gasteiger charge is -2.14. The second-order valence-electron chi connectivity index (χ2n) is 4.41. The van der Waals surface area contributed by atoms with E-state index in [9.17, 15) is 13.6 Å². The number of nitrogens with one attached hydrogen (secondary N) is 2. The Hall–Kier alpha value is -1.52. The lowest BCUT2D eigenvalue weighted by atomic mass is 10.2. The van der Waals surface area contributed by atoms with E-state index in [1.165, 1.54) is 18.2 Å². The molecule has 126 valence electrons. The summed E-state index contributed by atoms with van der Waals surface area (Å²) in [4.78, 5) is 12.2. The average molecular weight is 483 g/mol. The van der Waals surface area contributed by atoms with Crippen molar-refractivity contribution in [2.24, 2.45) is 0 Å². The SMILES string of the molecule is O=C(NC(=S)Nc1ccccc1OC(F)F)c1cc(I)ccc1Cl. The topological polar surface area (TPSA) is 50.4 Å². The molecular formula is C15H10ClF2IN2O2S. The van der Waals surface area contributed by atoms with Crippen molar-refractivity contribution in [2.45, 2.75) is 6.61 Å². The van der Waals surface area contributed by atoms with Gasteiger partial charge in [-0.1, -0.05) is 23.7 Å². The Kier molecular flexibility index (Phi) is 6.69. The van der Waals surface area contributed by atoms with Crippen LogP contribution in [-0.4, -0.2) is 17.6 Å². The fraction of sp³-hybridized carbons (Fsp3) is 0.0667. The Morgan fingerprint density at radius 1 is 1.25 bits per heavy atom. The summed E-state index contributed by atoms with van der Waals surface area (Å²) in [7, 11) is 0. The zero-order valence-electron chi connectivity index (χ0n) is 11.9. The van der Waals surface area contributed by atoms with Crippen LogP contribution in [-0.2, 0) is 0 Å². The predicted molar refractivity (Wildman–Crippen MR) is 101 cm³/mol. The third-order valence-electron chi connectivity index (χ3n) is 2.75. The highest BCUT2D eigenvalue weighted by atomic mass is 127. The molecule has 0 saturated heterocycles. The smallest absolute Gasteiger partial charge is 0.387 e. The fourth-order valence-electron chi connectivity index (χ4n) is 1.76. The average Bonchev–Trinajstić information content (AvgIpc) is 2.51. The first-order valence-corrected chi connectivity index (χ1v) is 8.34. The van der Waals surface area contributed by atoms with Gasteiger partial charge in [0, 0.05) is 3.57 Å². The lowest BCUT2D eigenvalue weighted by molar-refractivity contribution is -0.0493. The van der Waals surface area contributed by atoms with Gasteiger partial charge in [-0.3, -0.25) is 10.1 Å². The van der Waals surface area contributed by atoms with Crippen LogP contribution in [0.25, 0.3) is 0 Å². The number of rotatable bonds is 4. The molecule has 2 N–H and O–H groups in total. The number of hydrogen-bond acceptors (Lipinski definition) is 3. The molecule has 2 rings (SSSR count). The van der Waals surface area contributed by atoms with Crippen LogP contribution in [0.2, 0.25) is 5.02 Å². The van der Waals surface area contributed by atoms with Gasteiger partial charge in [-0.2, -0.15) is 8.78 Å². The molecule has 0 aromatic heterocycles. The van der Waals surface area contributed by atoms with Crippen LogP contribution >= 0.6 is 46.4 Å². The number of para-hydroxylation sites is 2. The minimum Gasteiger partial charge on any atom is -0.433 e. The molecule has 0 saturated carbocycles. The van der Waals surface area contributed by atoms with E-state index in [1.54, 1.807) is 24.3 Å². The van der Waals surface area contributed by atoms with Crippen molar-refractivity contribution in [1.29, 1.82) is 0 Å². The molecule has 0 aliphatic heterocycles. The number of carbonyl (C=O) groups excluding carboxylic acids is 1. The number of ether oxygens (including phenoxy) is 1. The highest BCUT2D eigenvalue weighted by Gasteiger charge is 2.14. The highest BCUT2D eigenvalue weighted by molar-refractivity contribution is 14.1. The van der Waals surface area contributed by atoms with Crippen molar-refractivity contribution in [1.82, 2.24) is 5.32 Å². The van der Waals surface area contributed by atoms with E-state index in [2.05, 4.69) is 15.4 Å². The summed E-state index contributed by atoms with van der Waals surface area (Å²) < 4.78 is 30.0. The Labute approximate surface area is 160 Å². The Morgan fingerprint density at radius 3 is 2.67 bits per heavy atom. The van der Waals surface area contributed by atoms with E-state index >= 15 is 0 Å². The van der Waals surface area contributed by atoms with Gasteiger partial charge in [0.2, 0.25) is 0 Å². The van der Waals surface area contributed by atoms with Crippen LogP contribution in [0.1, 0.15) is 10.4 Å². The molecule has 0 unspecified atom stereocenters. The van der Waals surface area contributed by atoms with Crippen molar-refractivity contribution in [3.63, 3.8) is 0 Å². The van der Waals surface area contributed by atoms with Crippen molar-refractivity contribution >= 4 is 63.1 Å². The third kappa shape index (κ3) is 5.25. The van der Waals surface area contributed by atoms with Gasteiger partial charge in [0.25, 0.3) is 5.91 Å². The second kappa shape index (κ2) is 8.54. The second-order valence-corrected chi connectivity index (χ2v) is 6.47. The number of hydrogen-bond donors (Lipinski definition) is 2. The number of amides is 1. The Bertz CT molecular complexity index is 777. The number of anilines is 1. The molecule has 4 nitrogen and oxygen atoms in total. The quantitative estimate of drug-likeness (QED) is 0.491. The van der Waals surface area contributed by atoms with Gasteiger partial charge in [-0.25, -0.2) is 0 Å². The molecule has 0 fully saturated rings. The maximum Gasteiger partial charge on any atom is 0.387 e. The maximum atomic E-state index is 12.4. The summed E-state index contributed by atoms with van der Waals surface area (Å²) in [6.07, 6.45) is 0. The van der Waals surface area contributed by atoms with E-state index in [4.69, 9.17) is 23.8 Å². The minimum atomic E-state index is -2.97. The van der Waals surface area contributed by atoms with Gasteiger partial charge < -0.3 is 10.1 Å². The molecular weight excluding hydrogens is 473 g/mol. The Balaban J connectivity index is 2.08. The molecule has 0 aliphatic carbocycles. The van der Waals surface area contributed by atoms with Gasteiger partial charge >= 0.3 is 6.61 Å². The van der Waals surface area contributed by atoms with E-state index in [0.29, 0.717) is 0 Å². The molecule has 1 amide bonds. The maximum absolute atomic E-state index is 12.4. The van der Waals surface area contributed by atoms with E-state index in [-0.39, 0.29) is 27.1 Å². The van der Waals surface area contributed by atoms with Crippen LogP contribution in [0, 0.1) is 3.57 Å². The zero-order chi connectivity index (χ0) is 17.7. The first-order chi connectivity index (χ1) is 11.4. The van der Waals surface area contributed by atoms with Gasteiger partial charge in [0.05, 0.1) is 16.3 Å². The van der Waals surface area contributed by atoms with Crippen LogP contribution in [0.4, 0.5) is 14.5 Å². The van der Waals surface area contributed by atoms with Crippen molar-refractivity contribution in [3.8, 4) is 5.75 Å². The van der Waals surface area contributed by atoms with E-state index < -0.39 is 12.5 Å². The first kappa shape index (κ1) is 18.8. The third-order valence-corrected chi connectivity index (χ3v) is 3.96. The monoisotopic (exact) mass is 482 g/mol. The highest BCUT2D eigenvalue weighted by Crippen LogP contribution is 2.25. The number of carbonyl (C=O) groups is 1. The fourth-order valence-corrected chi connectivity index (χ4v) is 2.66. The van der Waals surface area contributed by atoms with E-state index in [1.807, 2.05) is 22.6 Å². The van der Waals surface area contributed by atoms with Gasteiger partial charge in [-0.15, -0.1) is 0 Å². The van der Waals surface area contributed by atoms with Crippen LogP contribution in [0.15, 0.2) is 42.5 Å². The van der Waals surface area contributed by atoms with Crippen molar-refractivity contribution in [3.05, 3.63) is 56.6 Å². The molecule has 2 aromatic rings. The Morgan fingerprint density at radius 2 is 1.96 bits per heavy atom. The van der Waals surface area contributed by atoms with Gasteiger partial charge in [-0.05, 0) is 65.1 Å². The number of benzene rings is 2. The number of halogens is 4. The number of alkyl halides is 2. The summed E-state index contributed by atoms with van der Waals surface area (Å²) in [6.45, 7) is -2.97. The summed E-state index contributed by atoms with van der Waals surface area (Å²) in [5.41, 5.74) is 0.460. The van der Waals surface area contributed by atoms with Crippen LogP contribution in [0.3, 0.4) is 0 Å². The van der Waals surface area contributed by atoms with Crippen LogP contribution < -0.4 is 15.4 Å². The molecule has 0 bridgehead atoms. The summed E-state index contributed by atoms with van der Waals surface area (Å²) >= 11 is 13.1.